The highest BCUT2D eigenvalue weighted by Gasteiger charge is 2.13. The second-order valence-electron chi connectivity index (χ2n) is 3.93. The average Bonchev–Trinajstić information content (AvgIpc) is 2.47. The predicted octanol–water partition coefficient (Wildman–Crippen LogP) is 2.68. The van der Waals surface area contributed by atoms with Crippen LogP contribution in [0.5, 0.6) is 0 Å². The van der Waals surface area contributed by atoms with E-state index in [1.165, 1.54) is 24.8 Å². The molecule has 0 amide bonds. The zero-order chi connectivity index (χ0) is 9.80. The van der Waals surface area contributed by atoms with Crippen LogP contribution in [0.4, 0.5) is 4.39 Å². The summed E-state index contributed by atoms with van der Waals surface area (Å²) in [7, 11) is 0. The Morgan fingerprint density at radius 1 is 1.07 bits per heavy atom. The first kappa shape index (κ1) is 9.66. The first-order chi connectivity index (χ1) is 6.86. The first-order valence-corrected chi connectivity index (χ1v) is 5.32. The summed E-state index contributed by atoms with van der Waals surface area (Å²) in [4.78, 5) is 0. The van der Waals surface area contributed by atoms with Crippen LogP contribution in [-0.2, 0) is 0 Å². The molecule has 76 valence electrons. The molecular formula is C12H16FN. The molecule has 1 N–H and O–H groups in total. The van der Waals surface area contributed by atoms with Crippen molar-refractivity contribution in [2.45, 2.75) is 25.2 Å². The molecule has 0 unspecified atom stereocenters. The lowest BCUT2D eigenvalue weighted by atomic mass is 9.92. The second-order valence-corrected chi connectivity index (χ2v) is 3.93. The topological polar surface area (TPSA) is 12.0 Å². The highest BCUT2D eigenvalue weighted by atomic mass is 19.1. The molecule has 0 saturated carbocycles. The fourth-order valence-corrected chi connectivity index (χ4v) is 2.09. The highest BCUT2D eigenvalue weighted by molar-refractivity contribution is 5.20. The Kier molecular flexibility index (Phi) is 3.14. The van der Waals surface area contributed by atoms with Crippen molar-refractivity contribution < 1.29 is 4.39 Å². The van der Waals surface area contributed by atoms with E-state index in [2.05, 4.69) is 5.32 Å². The van der Waals surface area contributed by atoms with Crippen molar-refractivity contribution in [1.82, 2.24) is 5.32 Å². The van der Waals surface area contributed by atoms with Crippen LogP contribution in [0.25, 0.3) is 0 Å². The third-order valence-corrected chi connectivity index (χ3v) is 2.92. The van der Waals surface area contributed by atoms with E-state index >= 15 is 0 Å². The molecule has 0 aliphatic carbocycles. The first-order valence-electron chi connectivity index (χ1n) is 5.32. The van der Waals surface area contributed by atoms with Gasteiger partial charge in [-0.2, -0.15) is 0 Å². The van der Waals surface area contributed by atoms with E-state index in [0.29, 0.717) is 5.92 Å². The Morgan fingerprint density at radius 3 is 2.64 bits per heavy atom. The van der Waals surface area contributed by atoms with Gasteiger partial charge in [0.25, 0.3) is 0 Å². The third-order valence-electron chi connectivity index (χ3n) is 2.92. The van der Waals surface area contributed by atoms with Gasteiger partial charge in [-0.15, -0.1) is 0 Å². The molecule has 0 spiro atoms. The summed E-state index contributed by atoms with van der Waals surface area (Å²) in [5, 5.41) is 3.38. The van der Waals surface area contributed by atoms with Gasteiger partial charge in [-0.05, 0) is 56.0 Å². The molecule has 0 aromatic heterocycles. The van der Waals surface area contributed by atoms with Gasteiger partial charge >= 0.3 is 0 Å². The summed E-state index contributed by atoms with van der Waals surface area (Å²) in [5.41, 5.74) is 1.29. The lowest BCUT2D eigenvalue weighted by Crippen LogP contribution is -2.13. The Balaban J connectivity index is 2.08. The molecule has 1 fully saturated rings. The molecule has 1 aliphatic heterocycles. The Bertz CT molecular complexity index is 273. The van der Waals surface area contributed by atoms with Crippen LogP contribution in [-0.4, -0.2) is 13.1 Å². The summed E-state index contributed by atoms with van der Waals surface area (Å²) < 4.78 is 12.7. The molecule has 0 radical (unpaired) electrons. The molecule has 2 heteroatoms. The van der Waals surface area contributed by atoms with E-state index in [-0.39, 0.29) is 5.82 Å². The van der Waals surface area contributed by atoms with Crippen LogP contribution in [0.3, 0.4) is 0 Å². The van der Waals surface area contributed by atoms with Crippen LogP contribution in [0.15, 0.2) is 24.3 Å². The number of rotatable bonds is 1. The maximum absolute atomic E-state index is 12.7. The number of hydrogen-bond acceptors (Lipinski definition) is 1. The predicted molar refractivity (Wildman–Crippen MR) is 55.9 cm³/mol. The van der Waals surface area contributed by atoms with Gasteiger partial charge in [0.15, 0.2) is 0 Å². The van der Waals surface area contributed by atoms with Crippen LogP contribution in [0, 0.1) is 5.82 Å². The number of halogens is 1. The number of nitrogens with one attached hydrogen (secondary N) is 1. The molecule has 0 bridgehead atoms. The third kappa shape index (κ3) is 2.32. The summed E-state index contributed by atoms with van der Waals surface area (Å²) in [6, 6.07) is 6.97. The van der Waals surface area contributed by atoms with E-state index in [4.69, 9.17) is 0 Å². The molecule has 1 aliphatic rings. The maximum atomic E-state index is 12.7. The van der Waals surface area contributed by atoms with E-state index in [1.807, 2.05) is 12.1 Å². The summed E-state index contributed by atoms with van der Waals surface area (Å²) in [5.74, 6) is 0.478. The van der Waals surface area contributed by atoms with Crippen LogP contribution in [0.2, 0.25) is 0 Å². The highest BCUT2D eigenvalue weighted by Crippen LogP contribution is 2.25. The molecule has 1 aromatic rings. The monoisotopic (exact) mass is 193 g/mol. The molecule has 2 rings (SSSR count). The average molecular weight is 193 g/mol. The van der Waals surface area contributed by atoms with Crippen LogP contribution >= 0.6 is 0 Å². The molecule has 1 aromatic carbocycles. The minimum atomic E-state index is -0.138. The summed E-state index contributed by atoms with van der Waals surface area (Å²) >= 11 is 0. The zero-order valence-corrected chi connectivity index (χ0v) is 8.30. The van der Waals surface area contributed by atoms with Gasteiger partial charge in [0.2, 0.25) is 0 Å². The molecule has 1 saturated heterocycles. The van der Waals surface area contributed by atoms with Crippen molar-refractivity contribution in [3.05, 3.63) is 35.6 Å². The normalized spacial score (nSPS) is 23.1. The molecule has 1 heterocycles. The fraction of sp³-hybridized carbons (Fsp3) is 0.500. The van der Waals surface area contributed by atoms with Gasteiger partial charge in [-0.3, -0.25) is 0 Å². The van der Waals surface area contributed by atoms with E-state index < -0.39 is 0 Å². The molecular weight excluding hydrogens is 177 g/mol. The quantitative estimate of drug-likeness (QED) is 0.723. The minimum absolute atomic E-state index is 0.138. The largest absolute Gasteiger partial charge is 0.317 e. The van der Waals surface area contributed by atoms with Crippen LogP contribution < -0.4 is 5.32 Å². The number of benzene rings is 1. The molecule has 1 nitrogen and oxygen atoms in total. The Labute approximate surface area is 84.3 Å². The van der Waals surface area contributed by atoms with Gasteiger partial charge in [-0.1, -0.05) is 12.1 Å². The van der Waals surface area contributed by atoms with Crippen molar-refractivity contribution in [1.29, 1.82) is 0 Å². The van der Waals surface area contributed by atoms with Gasteiger partial charge in [0, 0.05) is 0 Å². The van der Waals surface area contributed by atoms with Crippen molar-refractivity contribution in [2.75, 3.05) is 13.1 Å². The van der Waals surface area contributed by atoms with E-state index in [0.717, 1.165) is 13.1 Å². The maximum Gasteiger partial charge on any atom is 0.123 e. The standard InChI is InChI=1S/C12H16FN/c13-12-5-3-11(4-6-12)10-2-1-8-14-9-7-10/h3-6,10,14H,1-2,7-9H2/t10-/m0/s1. The summed E-state index contributed by atoms with van der Waals surface area (Å²) in [6.07, 6.45) is 3.62. The van der Waals surface area contributed by atoms with E-state index in [1.54, 1.807) is 12.1 Å². The lowest BCUT2D eigenvalue weighted by molar-refractivity contribution is 0.600. The molecule has 14 heavy (non-hydrogen) atoms. The van der Waals surface area contributed by atoms with Gasteiger partial charge in [0.05, 0.1) is 0 Å². The minimum Gasteiger partial charge on any atom is -0.317 e. The zero-order valence-electron chi connectivity index (χ0n) is 8.30. The summed E-state index contributed by atoms with van der Waals surface area (Å²) in [6.45, 7) is 2.21. The fourth-order valence-electron chi connectivity index (χ4n) is 2.09. The van der Waals surface area contributed by atoms with Gasteiger partial charge in [0.1, 0.15) is 5.82 Å². The van der Waals surface area contributed by atoms with Crippen molar-refractivity contribution in [3.63, 3.8) is 0 Å². The smallest absolute Gasteiger partial charge is 0.123 e. The van der Waals surface area contributed by atoms with Crippen molar-refractivity contribution in [3.8, 4) is 0 Å². The lowest BCUT2D eigenvalue weighted by Gasteiger charge is -2.13. The Hall–Kier alpha value is -0.890. The SMILES string of the molecule is Fc1ccc([C@H]2CCCNCC2)cc1. The number of hydrogen-bond donors (Lipinski definition) is 1. The van der Waals surface area contributed by atoms with Crippen LogP contribution in [0.1, 0.15) is 30.7 Å². The van der Waals surface area contributed by atoms with Crippen molar-refractivity contribution >= 4 is 0 Å². The molecule has 1 atom stereocenters. The van der Waals surface area contributed by atoms with Gasteiger partial charge in [-0.25, -0.2) is 4.39 Å². The Morgan fingerprint density at radius 2 is 1.86 bits per heavy atom. The van der Waals surface area contributed by atoms with Crippen molar-refractivity contribution in [2.24, 2.45) is 0 Å². The van der Waals surface area contributed by atoms with Gasteiger partial charge < -0.3 is 5.32 Å². The van der Waals surface area contributed by atoms with E-state index in [9.17, 15) is 4.39 Å². The second kappa shape index (κ2) is 4.56.